The van der Waals surface area contributed by atoms with Crippen LogP contribution < -0.4 is 5.32 Å². The summed E-state index contributed by atoms with van der Waals surface area (Å²) in [7, 11) is -1.89. The fourth-order valence-corrected chi connectivity index (χ4v) is 2.31. The molecule has 0 unspecified atom stereocenters. The second-order valence-electron chi connectivity index (χ2n) is 3.15. The van der Waals surface area contributed by atoms with Gasteiger partial charge in [0, 0.05) is 12.7 Å². The Hall–Kier alpha value is -1.83. The molecule has 1 aromatic carbocycles. The van der Waals surface area contributed by atoms with Gasteiger partial charge in [-0.15, -0.1) is 10.1 Å². The number of anilines is 1. The zero-order valence-corrected chi connectivity index (χ0v) is 9.94. The number of sulfone groups is 1. The van der Waals surface area contributed by atoms with Gasteiger partial charge in [-0.1, -0.05) is 6.07 Å². The third-order valence-corrected chi connectivity index (χ3v) is 3.71. The van der Waals surface area contributed by atoms with Crippen LogP contribution in [0.1, 0.15) is 0 Å². The predicted octanol–water partition coefficient (Wildman–Crippen LogP) is 0.710. The van der Waals surface area contributed by atoms with Crippen LogP contribution in [0.15, 0.2) is 29.2 Å². The summed E-state index contributed by atoms with van der Waals surface area (Å²) in [6, 6.07) is 6.20. The van der Waals surface area contributed by atoms with Gasteiger partial charge in [-0.3, -0.25) is 0 Å². The highest BCUT2D eigenvalue weighted by atomic mass is 32.2. The maximum atomic E-state index is 11.8. The SMILES string of the molecule is CNc1cccc(S(=O)(=O)CCO[N+](=O)[O-])c1. The topological polar surface area (TPSA) is 98.5 Å². The summed E-state index contributed by atoms with van der Waals surface area (Å²) in [5.41, 5.74) is 0.654. The van der Waals surface area contributed by atoms with Crippen LogP contribution in [0.25, 0.3) is 0 Å². The Balaban J connectivity index is 2.78. The van der Waals surface area contributed by atoms with Crippen molar-refractivity contribution in [2.24, 2.45) is 0 Å². The van der Waals surface area contributed by atoms with Crippen molar-refractivity contribution in [1.29, 1.82) is 0 Å². The van der Waals surface area contributed by atoms with Gasteiger partial charge in [0.1, 0.15) is 6.61 Å². The monoisotopic (exact) mass is 260 g/mol. The molecular formula is C9H12N2O5S. The van der Waals surface area contributed by atoms with Gasteiger partial charge in [-0.2, -0.15) is 0 Å². The number of benzene rings is 1. The van der Waals surface area contributed by atoms with E-state index in [-0.39, 0.29) is 4.90 Å². The van der Waals surface area contributed by atoms with Crippen LogP contribution in [-0.2, 0) is 14.7 Å². The molecule has 1 aromatic rings. The predicted molar refractivity (Wildman–Crippen MR) is 61.0 cm³/mol. The molecule has 17 heavy (non-hydrogen) atoms. The molecule has 0 aliphatic heterocycles. The Morgan fingerprint density at radius 1 is 1.47 bits per heavy atom. The van der Waals surface area contributed by atoms with Gasteiger partial charge in [-0.25, -0.2) is 8.42 Å². The first-order chi connectivity index (χ1) is 7.95. The maximum Gasteiger partial charge on any atom is 0.294 e. The quantitative estimate of drug-likeness (QED) is 0.597. The third-order valence-electron chi connectivity index (χ3n) is 2.03. The molecule has 0 atom stereocenters. The lowest BCUT2D eigenvalue weighted by Gasteiger charge is -2.06. The smallest absolute Gasteiger partial charge is 0.294 e. The summed E-state index contributed by atoms with van der Waals surface area (Å²) in [5.74, 6) is -0.429. The molecule has 0 saturated heterocycles. The van der Waals surface area contributed by atoms with Crippen molar-refractivity contribution in [3.8, 4) is 0 Å². The molecule has 1 N–H and O–H groups in total. The largest absolute Gasteiger partial charge is 0.388 e. The Bertz CT molecular complexity index is 500. The highest BCUT2D eigenvalue weighted by molar-refractivity contribution is 7.91. The molecule has 7 nitrogen and oxygen atoms in total. The van der Waals surface area contributed by atoms with Crippen molar-refractivity contribution in [2.45, 2.75) is 4.90 Å². The van der Waals surface area contributed by atoms with E-state index in [1.54, 1.807) is 19.2 Å². The van der Waals surface area contributed by atoms with E-state index in [1.807, 2.05) is 0 Å². The van der Waals surface area contributed by atoms with Gasteiger partial charge in [-0.05, 0) is 18.2 Å². The molecule has 0 saturated carbocycles. The minimum absolute atomic E-state index is 0.108. The summed E-state index contributed by atoms with van der Waals surface area (Å²) >= 11 is 0. The van der Waals surface area contributed by atoms with Crippen molar-refractivity contribution in [1.82, 2.24) is 0 Å². The van der Waals surface area contributed by atoms with Crippen LogP contribution in [0.4, 0.5) is 5.69 Å². The van der Waals surface area contributed by atoms with Crippen LogP contribution in [-0.4, -0.2) is 32.9 Å². The van der Waals surface area contributed by atoms with E-state index in [0.717, 1.165) is 0 Å². The molecule has 0 amide bonds. The molecule has 0 aromatic heterocycles. The summed E-state index contributed by atoms with van der Waals surface area (Å²) in [4.78, 5) is 14.0. The van der Waals surface area contributed by atoms with Gasteiger partial charge in [0.25, 0.3) is 5.09 Å². The molecule has 0 fully saturated rings. The first kappa shape index (κ1) is 13.2. The molecule has 1 rings (SSSR count). The van der Waals surface area contributed by atoms with Gasteiger partial charge in [0.05, 0.1) is 10.6 Å². The Kier molecular flexibility index (Phi) is 4.27. The summed E-state index contributed by atoms with van der Waals surface area (Å²) in [5, 5.41) is 11.7. The van der Waals surface area contributed by atoms with Gasteiger partial charge < -0.3 is 10.2 Å². The minimum Gasteiger partial charge on any atom is -0.388 e. The lowest BCUT2D eigenvalue weighted by molar-refractivity contribution is -0.756. The molecule has 0 aliphatic carbocycles. The molecule has 0 radical (unpaired) electrons. The third kappa shape index (κ3) is 3.91. The first-order valence-electron chi connectivity index (χ1n) is 4.73. The Labute approximate surface area is 98.4 Å². The van der Waals surface area contributed by atoms with E-state index >= 15 is 0 Å². The molecular weight excluding hydrogens is 248 g/mol. The van der Waals surface area contributed by atoms with Crippen molar-refractivity contribution in [2.75, 3.05) is 24.7 Å². The molecule has 94 valence electrons. The molecule has 0 aliphatic rings. The fourth-order valence-electron chi connectivity index (χ4n) is 1.18. The average molecular weight is 260 g/mol. The molecule has 0 bridgehead atoms. The van der Waals surface area contributed by atoms with Crippen molar-refractivity contribution < 1.29 is 18.3 Å². The van der Waals surface area contributed by atoms with Gasteiger partial charge in [0.2, 0.25) is 0 Å². The Morgan fingerprint density at radius 3 is 2.76 bits per heavy atom. The van der Waals surface area contributed by atoms with Crippen molar-refractivity contribution >= 4 is 15.5 Å². The van der Waals surface area contributed by atoms with E-state index in [1.165, 1.54) is 12.1 Å². The average Bonchev–Trinajstić information content (AvgIpc) is 2.28. The second-order valence-corrected chi connectivity index (χ2v) is 5.26. The van der Waals surface area contributed by atoms with Crippen LogP contribution in [0.3, 0.4) is 0 Å². The van der Waals surface area contributed by atoms with Gasteiger partial charge in [0.15, 0.2) is 9.84 Å². The van der Waals surface area contributed by atoms with E-state index < -0.39 is 27.3 Å². The van der Waals surface area contributed by atoms with Crippen LogP contribution >= 0.6 is 0 Å². The summed E-state index contributed by atoms with van der Waals surface area (Å²) in [6.45, 7) is -0.473. The second kappa shape index (κ2) is 5.48. The normalized spacial score (nSPS) is 10.9. The van der Waals surface area contributed by atoms with E-state index in [4.69, 9.17) is 0 Å². The Morgan fingerprint density at radius 2 is 2.18 bits per heavy atom. The van der Waals surface area contributed by atoms with Crippen molar-refractivity contribution in [3.63, 3.8) is 0 Å². The van der Waals surface area contributed by atoms with E-state index in [2.05, 4.69) is 10.2 Å². The van der Waals surface area contributed by atoms with Gasteiger partial charge >= 0.3 is 0 Å². The maximum absolute atomic E-state index is 11.8. The minimum atomic E-state index is -3.56. The number of nitrogens with one attached hydrogen (secondary N) is 1. The summed E-state index contributed by atoms with van der Waals surface area (Å²) < 4.78 is 23.5. The zero-order valence-electron chi connectivity index (χ0n) is 9.12. The number of rotatable bonds is 6. The standard InChI is InChI=1S/C9H12N2O5S/c1-10-8-3-2-4-9(7-8)17(14,15)6-5-16-11(12)13/h2-4,7,10H,5-6H2,1H3. The lowest BCUT2D eigenvalue weighted by atomic mass is 10.3. The highest BCUT2D eigenvalue weighted by Gasteiger charge is 2.15. The van der Waals surface area contributed by atoms with Crippen LogP contribution in [0.2, 0.25) is 0 Å². The lowest BCUT2D eigenvalue weighted by Crippen LogP contribution is -2.15. The van der Waals surface area contributed by atoms with E-state index in [0.29, 0.717) is 5.69 Å². The zero-order chi connectivity index (χ0) is 12.9. The molecule has 8 heteroatoms. The number of nitrogens with zero attached hydrogens (tertiary/aromatic N) is 1. The number of hydrogen-bond donors (Lipinski definition) is 1. The highest BCUT2D eigenvalue weighted by Crippen LogP contribution is 2.16. The van der Waals surface area contributed by atoms with Crippen LogP contribution in [0.5, 0.6) is 0 Å². The number of hydrogen-bond acceptors (Lipinski definition) is 6. The van der Waals surface area contributed by atoms with Crippen molar-refractivity contribution in [3.05, 3.63) is 34.4 Å². The fraction of sp³-hybridized carbons (Fsp3) is 0.333. The summed E-state index contributed by atoms with van der Waals surface area (Å²) in [6.07, 6.45) is 0. The molecule has 0 heterocycles. The van der Waals surface area contributed by atoms with E-state index in [9.17, 15) is 18.5 Å². The molecule has 0 spiro atoms. The van der Waals surface area contributed by atoms with Crippen LogP contribution in [0, 0.1) is 10.1 Å². The first-order valence-corrected chi connectivity index (χ1v) is 6.39.